The monoisotopic (exact) mass is 911 g/mol. The Morgan fingerprint density at radius 1 is 0.844 bits per heavy atom. The Balaban J connectivity index is 1.57. The number of carbonyl (C=O) groups excluding carboxylic acids is 6. The zero-order valence-corrected chi connectivity index (χ0v) is 38.9. The third-order valence-electron chi connectivity index (χ3n) is 10.7. The Kier molecular flexibility index (Phi) is 17.3. The number of amides is 5. The molecule has 0 aromatic heterocycles. The van der Waals surface area contributed by atoms with Crippen LogP contribution in [-0.2, 0) is 56.4 Å². The van der Waals surface area contributed by atoms with Gasteiger partial charge in [-0.1, -0.05) is 30.3 Å². The number of aliphatic imine (C=N–C) groups is 1. The minimum absolute atomic E-state index is 0.00932. The van der Waals surface area contributed by atoms with Gasteiger partial charge < -0.3 is 47.5 Å². The highest BCUT2D eigenvalue weighted by Crippen LogP contribution is 2.43. The first-order valence-electron chi connectivity index (χ1n) is 21.5. The molecule has 2 aliphatic heterocycles. The zero-order valence-electron chi connectivity index (χ0n) is 38.1. The molecule has 4 unspecified atom stereocenters. The van der Waals surface area contributed by atoms with Crippen molar-refractivity contribution in [2.45, 2.75) is 147 Å². The van der Waals surface area contributed by atoms with E-state index in [2.05, 4.69) is 36.3 Å². The average Bonchev–Trinajstić information content (AvgIpc) is 3.53. The van der Waals surface area contributed by atoms with Crippen LogP contribution in [0, 0.1) is 20.8 Å². The van der Waals surface area contributed by atoms with Crippen LogP contribution < -0.4 is 47.5 Å². The van der Waals surface area contributed by atoms with Crippen molar-refractivity contribution in [2.24, 2.45) is 16.5 Å². The second-order valence-electron chi connectivity index (χ2n) is 17.9. The number of nitrogens with one attached hydrogen (secondary N) is 6. The first kappa shape index (κ1) is 50.9. The molecule has 2 aliphatic rings. The van der Waals surface area contributed by atoms with Crippen LogP contribution in [0.5, 0.6) is 5.75 Å². The number of carbonyl (C=O) groups is 6. The number of nitrogens with zero attached hydrogens (tertiary/aromatic N) is 1. The summed E-state index contributed by atoms with van der Waals surface area (Å²) in [5.74, 6) is -4.44. The molecule has 4 atom stereocenters. The van der Waals surface area contributed by atoms with Crippen molar-refractivity contribution in [3.8, 4) is 5.75 Å². The molecule has 2 heterocycles. The SMILES string of the molecule is Cc1c(C)c(S(=O)(=O)NC(N)=NCCCC2NC(=O)C(CCCCN)NC(=O)C(Cc3ccccc3)NC(=O)C(CC(=O)OC(C)(C)C)NC(=O)CNC2=O)c(C)c2c1OC(C)(C)C2. The molecule has 1 fully saturated rings. The number of sulfonamides is 1. The van der Waals surface area contributed by atoms with Crippen LogP contribution in [0.3, 0.4) is 0 Å². The van der Waals surface area contributed by atoms with E-state index < -0.39 is 99.8 Å². The minimum atomic E-state index is -4.19. The van der Waals surface area contributed by atoms with Gasteiger partial charge in [0.1, 0.15) is 41.1 Å². The number of rotatable bonds is 14. The Hall–Kier alpha value is -5.76. The summed E-state index contributed by atoms with van der Waals surface area (Å²) in [4.78, 5) is 85.9. The number of ether oxygens (including phenoxy) is 2. The van der Waals surface area contributed by atoms with Crippen LogP contribution in [0.25, 0.3) is 0 Å². The van der Waals surface area contributed by atoms with Crippen molar-refractivity contribution in [3.05, 3.63) is 58.1 Å². The number of benzene rings is 2. The van der Waals surface area contributed by atoms with Gasteiger partial charge in [-0.05, 0) is 116 Å². The molecule has 10 N–H and O–H groups in total. The standard InChI is InChI=1S/C44H65N9O10S/c1-25-26(2)37(27(3)29-23-44(7,8)63-36(25)29)64(60,61)53-42(46)47-20-14-18-30-38(56)48-24-34(54)49-33(22-35(55)62-43(4,5)6)41(59)52-32(21-28-15-10-9-11-16-28)40(58)51-31(39(57)50-30)17-12-13-19-45/h9-11,15-16,30-33H,12-14,17-24,45H2,1-8H3,(H,48,56)(H,49,54)(H,50,57)(H,51,58)(H,52,59)(H3,46,47,53). The molecule has 0 spiro atoms. The summed E-state index contributed by atoms with van der Waals surface area (Å²) < 4.78 is 41.3. The fourth-order valence-electron chi connectivity index (χ4n) is 7.57. The lowest BCUT2D eigenvalue weighted by atomic mass is 9.94. The van der Waals surface area contributed by atoms with Gasteiger partial charge in [-0.3, -0.25) is 33.8 Å². The Bertz CT molecular complexity index is 2210. The lowest BCUT2D eigenvalue weighted by molar-refractivity contribution is -0.156. The van der Waals surface area contributed by atoms with Crippen LogP contribution in [0.4, 0.5) is 0 Å². The molecular formula is C44H65N9O10S. The normalized spacial score (nSPS) is 21.1. The maximum absolute atomic E-state index is 14.0. The summed E-state index contributed by atoms with van der Waals surface area (Å²) in [6, 6.07) is 3.58. The molecule has 0 bridgehead atoms. The Morgan fingerprint density at radius 3 is 2.08 bits per heavy atom. The summed E-state index contributed by atoms with van der Waals surface area (Å²) in [5.41, 5.74) is 13.7. The molecule has 4 rings (SSSR count). The molecule has 352 valence electrons. The maximum atomic E-state index is 14.0. The third-order valence-corrected chi connectivity index (χ3v) is 12.4. The van der Waals surface area contributed by atoms with E-state index in [4.69, 9.17) is 20.9 Å². The second kappa shape index (κ2) is 21.7. The maximum Gasteiger partial charge on any atom is 0.308 e. The first-order chi connectivity index (χ1) is 29.9. The van der Waals surface area contributed by atoms with Crippen LogP contribution in [0.15, 0.2) is 40.2 Å². The summed E-state index contributed by atoms with van der Waals surface area (Å²) in [5, 5.41) is 13.0. The van der Waals surface area contributed by atoms with Gasteiger partial charge in [-0.25, -0.2) is 13.1 Å². The summed E-state index contributed by atoms with van der Waals surface area (Å²) in [6.45, 7) is 13.6. The average molecular weight is 912 g/mol. The van der Waals surface area contributed by atoms with Gasteiger partial charge in [0.25, 0.3) is 10.0 Å². The molecule has 19 nitrogen and oxygen atoms in total. The summed E-state index contributed by atoms with van der Waals surface area (Å²) in [7, 11) is -4.19. The third kappa shape index (κ3) is 14.4. The molecule has 2 aromatic carbocycles. The quantitative estimate of drug-likeness (QED) is 0.0567. The summed E-state index contributed by atoms with van der Waals surface area (Å²) >= 11 is 0. The van der Waals surface area contributed by atoms with E-state index in [0.29, 0.717) is 53.8 Å². The largest absolute Gasteiger partial charge is 0.487 e. The van der Waals surface area contributed by atoms with Crippen molar-refractivity contribution in [1.29, 1.82) is 0 Å². The smallest absolute Gasteiger partial charge is 0.308 e. The molecule has 0 aliphatic carbocycles. The highest BCUT2D eigenvalue weighted by Gasteiger charge is 2.37. The molecular weight excluding hydrogens is 847 g/mol. The Labute approximate surface area is 375 Å². The predicted octanol–water partition coefficient (Wildman–Crippen LogP) is 0.871. The van der Waals surface area contributed by atoms with Crippen molar-refractivity contribution in [3.63, 3.8) is 0 Å². The number of unbranched alkanes of at least 4 members (excludes halogenated alkanes) is 1. The molecule has 5 amide bonds. The molecule has 64 heavy (non-hydrogen) atoms. The van der Waals surface area contributed by atoms with E-state index in [1.54, 1.807) is 71.9 Å². The first-order valence-corrected chi connectivity index (χ1v) is 23.0. The Morgan fingerprint density at radius 2 is 1.44 bits per heavy atom. The van der Waals surface area contributed by atoms with Crippen LogP contribution in [-0.4, -0.2) is 105 Å². The van der Waals surface area contributed by atoms with Crippen molar-refractivity contribution >= 4 is 51.5 Å². The topological polar surface area (TPSA) is 292 Å². The van der Waals surface area contributed by atoms with Crippen molar-refractivity contribution in [2.75, 3.05) is 19.6 Å². The molecule has 2 aromatic rings. The number of fused-ring (bicyclic) bond motifs is 1. The minimum Gasteiger partial charge on any atom is -0.487 e. The van der Waals surface area contributed by atoms with Gasteiger partial charge in [-0.2, -0.15) is 0 Å². The number of hydrogen-bond donors (Lipinski definition) is 8. The number of guanidine groups is 1. The zero-order chi connectivity index (χ0) is 47.6. The van der Waals surface area contributed by atoms with E-state index >= 15 is 0 Å². The molecule has 20 heteroatoms. The highest BCUT2D eigenvalue weighted by atomic mass is 32.2. The van der Waals surface area contributed by atoms with Gasteiger partial charge in [-0.15, -0.1) is 0 Å². The van der Waals surface area contributed by atoms with Gasteiger partial charge in [0, 0.05) is 24.9 Å². The van der Waals surface area contributed by atoms with Crippen molar-refractivity contribution in [1.82, 2.24) is 31.3 Å². The van der Waals surface area contributed by atoms with Crippen LogP contribution >= 0.6 is 0 Å². The van der Waals surface area contributed by atoms with E-state index in [9.17, 15) is 37.2 Å². The highest BCUT2D eigenvalue weighted by molar-refractivity contribution is 7.90. The van der Waals surface area contributed by atoms with Crippen LogP contribution in [0.2, 0.25) is 0 Å². The fourth-order valence-corrected chi connectivity index (χ4v) is 9.09. The lowest BCUT2D eigenvalue weighted by Crippen LogP contribution is -2.58. The predicted molar refractivity (Wildman–Crippen MR) is 239 cm³/mol. The van der Waals surface area contributed by atoms with E-state index in [1.165, 1.54) is 0 Å². The van der Waals surface area contributed by atoms with Gasteiger partial charge in [0.2, 0.25) is 35.5 Å². The van der Waals surface area contributed by atoms with Crippen LogP contribution in [0.1, 0.15) is 101 Å². The van der Waals surface area contributed by atoms with Gasteiger partial charge in [0.05, 0.1) is 17.9 Å². The van der Waals surface area contributed by atoms with Gasteiger partial charge in [0.15, 0.2) is 0 Å². The van der Waals surface area contributed by atoms with E-state index in [1.807, 2.05) is 13.8 Å². The molecule has 0 radical (unpaired) electrons. The summed E-state index contributed by atoms with van der Waals surface area (Å²) in [6.07, 6.45) is 1.06. The van der Waals surface area contributed by atoms with E-state index in [-0.39, 0.29) is 37.1 Å². The number of esters is 1. The van der Waals surface area contributed by atoms with E-state index in [0.717, 1.165) is 5.56 Å². The van der Waals surface area contributed by atoms with Gasteiger partial charge >= 0.3 is 5.97 Å². The second-order valence-corrected chi connectivity index (χ2v) is 19.5. The molecule has 1 saturated heterocycles. The number of hydrogen-bond acceptors (Lipinski definition) is 12. The fraction of sp³-hybridized carbons (Fsp3) is 0.568. The van der Waals surface area contributed by atoms with Crippen molar-refractivity contribution < 1.29 is 46.7 Å². The lowest BCUT2D eigenvalue weighted by Gasteiger charge is -2.26. The number of nitrogens with two attached hydrogens (primary N) is 2. The molecule has 0 saturated carbocycles.